The molecule has 2 atom stereocenters. The van der Waals surface area contributed by atoms with E-state index in [-0.39, 0.29) is 5.88 Å². The van der Waals surface area contributed by atoms with E-state index in [4.69, 9.17) is 14.6 Å². The molecule has 3 aromatic rings. The Balaban J connectivity index is 1.46. The molecule has 2 aliphatic rings. The summed E-state index contributed by atoms with van der Waals surface area (Å²) in [5.74, 6) is 0.0938. The zero-order valence-electron chi connectivity index (χ0n) is 19.5. The van der Waals surface area contributed by atoms with Crippen LogP contribution in [0.25, 0.3) is 16.9 Å². The van der Waals surface area contributed by atoms with Crippen LogP contribution in [0.15, 0.2) is 24.7 Å². The monoisotopic (exact) mass is 454 g/mol. The fourth-order valence-electron chi connectivity index (χ4n) is 4.98. The van der Waals surface area contributed by atoms with Gasteiger partial charge in [-0.25, -0.2) is 14.1 Å². The van der Waals surface area contributed by atoms with Gasteiger partial charge < -0.3 is 14.4 Å². The third kappa shape index (κ3) is 4.39. The molecule has 0 amide bonds. The maximum atomic E-state index is 14.4. The predicted molar refractivity (Wildman–Crippen MR) is 122 cm³/mol. The van der Waals surface area contributed by atoms with Crippen molar-refractivity contribution in [1.82, 2.24) is 29.4 Å². The number of methoxy groups -OCH3 is 1. The first kappa shape index (κ1) is 22.0. The van der Waals surface area contributed by atoms with E-state index in [2.05, 4.69) is 35.2 Å². The molecule has 0 spiro atoms. The molecule has 0 saturated carbocycles. The number of likely N-dealkylation sites (tertiary alicyclic amines) is 1. The molecular weight excluding hydrogens is 423 g/mol. The second-order valence-corrected chi connectivity index (χ2v) is 9.15. The number of hydrogen-bond acceptors (Lipinski definition) is 6. The third-order valence-electron chi connectivity index (χ3n) is 6.97. The largest absolute Gasteiger partial charge is 0.479 e. The lowest BCUT2D eigenvalue weighted by Crippen LogP contribution is -2.38. The molecule has 1 saturated heterocycles. The molecule has 0 bridgehead atoms. The normalized spacial score (nSPS) is 21.6. The van der Waals surface area contributed by atoms with E-state index < -0.39 is 5.82 Å². The average molecular weight is 455 g/mol. The molecule has 1 fully saturated rings. The second-order valence-electron chi connectivity index (χ2n) is 9.15. The quantitative estimate of drug-likeness (QED) is 0.590. The zero-order valence-corrected chi connectivity index (χ0v) is 19.5. The molecule has 0 unspecified atom stereocenters. The SMILES string of the molecule is COc1ncc(-n2nc(-c3cnn(C[C@H]4CCN(C)[C@@H](C)C4)c3)c3c2CCOCC3)cc1F. The van der Waals surface area contributed by atoms with Crippen molar-refractivity contribution in [3.8, 4) is 22.8 Å². The van der Waals surface area contributed by atoms with Gasteiger partial charge in [-0.3, -0.25) is 4.68 Å². The number of nitrogens with zero attached hydrogens (tertiary/aromatic N) is 6. The summed E-state index contributed by atoms with van der Waals surface area (Å²) < 4.78 is 28.9. The molecule has 5 rings (SSSR count). The zero-order chi connectivity index (χ0) is 22.9. The van der Waals surface area contributed by atoms with Gasteiger partial charge >= 0.3 is 0 Å². The van der Waals surface area contributed by atoms with Crippen LogP contribution in [0.2, 0.25) is 0 Å². The molecule has 3 aromatic heterocycles. The van der Waals surface area contributed by atoms with Crippen molar-refractivity contribution < 1.29 is 13.9 Å². The first-order chi connectivity index (χ1) is 16.0. The highest BCUT2D eigenvalue weighted by Gasteiger charge is 2.25. The Hall–Kier alpha value is -2.78. The van der Waals surface area contributed by atoms with Gasteiger partial charge in [-0.05, 0) is 45.7 Å². The number of rotatable bonds is 5. The van der Waals surface area contributed by atoms with Crippen molar-refractivity contribution in [3.63, 3.8) is 0 Å². The minimum atomic E-state index is -0.508. The summed E-state index contributed by atoms with van der Waals surface area (Å²) >= 11 is 0. The standard InChI is InChI=1S/C24H31FN6O2/c1-16-10-17(4-7-29(16)2)14-30-15-18(12-27-30)23-20-5-8-33-9-6-22(20)31(28-23)19-11-21(25)24(32-3)26-13-19/h11-13,15-17H,4-10,14H2,1-3H3/t16-,17-/m0/s1. The predicted octanol–water partition coefficient (Wildman–Crippen LogP) is 3.12. The third-order valence-corrected chi connectivity index (χ3v) is 6.97. The maximum absolute atomic E-state index is 14.4. The molecule has 8 nitrogen and oxygen atoms in total. The Bertz CT molecular complexity index is 1130. The van der Waals surface area contributed by atoms with Crippen molar-refractivity contribution in [1.29, 1.82) is 0 Å². The fourth-order valence-corrected chi connectivity index (χ4v) is 4.98. The Morgan fingerprint density at radius 1 is 1.24 bits per heavy atom. The lowest BCUT2D eigenvalue weighted by molar-refractivity contribution is 0.142. The minimum Gasteiger partial charge on any atom is -0.479 e. The number of pyridine rings is 1. The maximum Gasteiger partial charge on any atom is 0.250 e. The van der Waals surface area contributed by atoms with E-state index in [1.807, 2.05) is 10.9 Å². The summed E-state index contributed by atoms with van der Waals surface area (Å²) in [6, 6.07) is 2.02. The Labute approximate surface area is 193 Å². The number of hydrogen-bond donors (Lipinski definition) is 0. The Morgan fingerprint density at radius 2 is 2.09 bits per heavy atom. The summed E-state index contributed by atoms with van der Waals surface area (Å²) in [5, 5.41) is 9.56. The lowest BCUT2D eigenvalue weighted by atomic mass is 9.92. The molecule has 0 radical (unpaired) electrons. The summed E-state index contributed by atoms with van der Waals surface area (Å²) in [6.07, 6.45) is 9.41. The van der Waals surface area contributed by atoms with Crippen molar-refractivity contribution in [3.05, 3.63) is 41.7 Å². The Kier molecular flexibility index (Phi) is 6.16. The number of halogens is 1. The van der Waals surface area contributed by atoms with E-state index in [0.29, 0.717) is 37.3 Å². The van der Waals surface area contributed by atoms with Gasteiger partial charge in [0.25, 0.3) is 0 Å². The van der Waals surface area contributed by atoms with Crippen molar-refractivity contribution in [2.75, 3.05) is 33.9 Å². The van der Waals surface area contributed by atoms with Gasteiger partial charge in [0.05, 0.1) is 49.8 Å². The first-order valence-electron chi connectivity index (χ1n) is 11.6. The van der Waals surface area contributed by atoms with Gasteiger partial charge in [0.15, 0.2) is 5.82 Å². The number of ether oxygens (including phenoxy) is 2. The number of aromatic nitrogens is 5. The molecule has 0 aromatic carbocycles. The van der Waals surface area contributed by atoms with E-state index in [9.17, 15) is 4.39 Å². The van der Waals surface area contributed by atoms with Crippen molar-refractivity contribution in [2.24, 2.45) is 5.92 Å². The summed E-state index contributed by atoms with van der Waals surface area (Å²) in [7, 11) is 3.60. The number of fused-ring (bicyclic) bond motifs is 1. The number of piperidine rings is 1. The van der Waals surface area contributed by atoms with Gasteiger partial charge in [0, 0.05) is 42.4 Å². The summed E-state index contributed by atoms with van der Waals surface area (Å²) in [6.45, 7) is 5.59. The van der Waals surface area contributed by atoms with Crippen LogP contribution in [-0.4, -0.2) is 69.4 Å². The van der Waals surface area contributed by atoms with Gasteiger partial charge in [-0.1, -0.05) is 0 Å². The van der Waals surface area contributed by atoms with Crippen LogP contribution in [0, 0.1) is 11.7 Å². The fraction of sp³-hybridized carbons (Fsp3) is 0.542. The molecule has 0 N–H and O–H groups in total. The lowest BCUT2D eigenvalue weighted by Gasteiger charge is -2.34. The first-order valence-corrected chi connectivity index (χ1v) is 11.6. The van der Waals surface area contributed by atoms with Crippen LogP contribution >= 0.6 is 0 Å². The molecular formula is C24H31FN6O2. The van der Waals surface area contributed by atoms with Crippen molar-refractivity contribution in [2.45, 2.75) is 45.2 Å². The van der Waals surface area contributed by atoms with Crippen LogP contribution in [0.4, 0.5) is 4.39 Å². The van der Waals surface area contributed by atoms with Gasteiger partial charge in [-0.15, -0.1) is 0 Å². The average Bonchev–Trinajstić information content (AvgIpc) is 3.33. The van der Waals surface area contributed by atoms with Crippen molar-refractivity contribution >= 4 is 0 Å². The van der Waals surface area contributed by atoms with E-state index in [0.717, 1.165) is 42.0 Å². The minimum absolute atomic E-state index is 0.0231. The van der Waals surface area contributed by atoms with Gasteiger partial charge in [0.2, 0.25) is 5.88 Å². The molecule has 0 aliphatic carbocycles. The van der Waals surface area contributed by atoms with Gasteiger partial charge in [-0.2, -0.15) is 10.2 Å². The highest BCUT2D eigenvalue weighted by Crippen LogP contribution is 2.31. The van der Waals surface area contributed by atoms with Crippen LogP contribution in [0.3, 0.4) is 0 Å². The molecule has 9 heteroatoms. The van der Waals surface area contributed by atoms with Crippen LogP contribution < -0.4 is 4.74 Å². The molecule has 2 aliphatic heterocycles. The summed E-state index contributed by atoms with van der Waals surface area (Å²) in [4.78, 5) is 6.52. The smallest absolute Gasteiger partial charge is 0.250 e. The van der Waals surface area contributed by atoms with E-state index in [1.165, 1.54) is 26.0 Å². The van der Waals surface area contributed by atoms with Crippen LogP contribution in [-0.2, 0) is 24.1 Å². The molecule has 5 heterocycles. The molecule has 33 heavy (non-hydrogen) atoms. The van der Waals surface area contributed by atoms with Gasteiger partial charge in [0.1, 0.15) is 0 Å². The van der Waals surface area contributed by atoms with E-state index in [1.54, 1.807) is 10.9 Å². The highest BCUT2D eigenvalue weighted by molar-refractivity contribution is 5.64. The summed E-state index contributed by atoms with van der Waals surface area (Å²) in [5.41, 5.74) is 4.61. The van der Waals surface area contributed by atoms with Crippen LogP contribution in [0.5, 0.6) is 5.88 Å². The van der Waals surface area contributed by atoms with Crippen LogP contribution in [0.1, 0.15) is 31.0 Å². The highest BCUT2D eigenvalue weighted by atomic mass is 19.1. The Morgan fingerprint density at radius 3 is 2.88 bits per heavy atom. The topological polar surface area (TPSA) is 70.2 Å². The van der Waals surface area contributed by atoms with E-state index >= 15 is 0 Å². The molecule has 176 valence electrons. The second kappa shape index (κ2) is 9.23.